The van der Waals surface area contributed by atoms with Crippen LogP contribution in [0.2, 0.25) is 0 Å². The normalized spacial score (nSPS) is 33.7. The second kappa shape index (κ2) is 7.85. The van der Waals surface area contributed by atoms with Crippen LogP contribution in [0.3, 0.4) is 0 Å². The Hall–Kier alpha value is -4.84. The molecule has 8 aliphatic carbocycles. The van der Waals surface area contributed by atoms with Crippen LogP contribution in [-0.4, -0.2) is 18.8 Å². The first kappa shape index (κ1) is 26.0. The van der Waals surface area contributed by atoms with E-state index in [1.54, 1.807) is 11.1 Å². The van der Waals surface area contributed by atoms with Gasteiger partial charge in [-0.2, -0.15) is 0 Å². The van der Waals surface area contributed by atoms with E-state index in [0.717, 1.165) is 51.5 Å². The minimum Gasteiger partial charge on any atom is -0.452 e. The lowest BCUT2D eigenvalue weighted by atomic mass is 9.56. The molecule has 0 aliphatic heterocycles. The van der Waals surface area contributed by atoms with Gasteiger partial charge < -0.3 is 13.2 Å². The van der Waals surface area contributed by atoms with Gasteiger partial charge in [-0.05, 0) is 128 Å². The average Bonchev–Trinajstić information content (AvgIpc) is 3.90. The molecule has 53 heavy (non-hydrogen) atoms. The van der Waals surface area contributed by atoms with Gasteiger partial charge in [-0.25, -0.2) is 0 Å². The van der Waals surface area contributed by atoms with Crippen LogP contribution >= 0.6 is 0 Å². The van der Waals surface area contributed by atoms with Crippen LogP contribution in [0.25, 0.3) is 87.7 Å². The number of hydrogen-bond donors (Lipinski definition) is 0. The third kappa shape index (κ3) is 2.53. The molecule has 6 nitrogen and oxygen atoms in total. The summed E-state index contributed by atoms with van der Waals surface area (Å²) in [5, 5.41) is 7.85. The number of aromatic nitrogens is 4. The summed E-state index contributed by atoms with van der Waals surface area (Å²) in [5.74, 6) is 5.76. The molecule has 8 aliphatic rings. The Morgan fingerprint density at radius 1 is 0.528 bits per heavy atom. The van der Waals surface area contributed by atoms with E-state index in [-0.39, 0.29) is 0 Å². The monoisotopic (exact) mass is 688 g/mol. The average molecular weight is 689 g/mol. The highest BCUT2D eigenvalue weighted by Gasteiger charge is 2.66. The minimum atomic E-state index is 0.557. The van der Waals surface area contributed by atoms with Crippen LogP contribution in [0.5, 0.6) is 0 Å². The summed E-state index contributed by atoms with van der Waals surface area (Å²) < 4.78 is 19.9. The van der Waals surface area contributed by atoms with E-state index in [1.165, 1.54) is 135 Å². The van der Waals surface area contributed by atoms with Gasteiger partial charge in [0.05, 0.1) is 50.7 Å². The number of para-hydroxylation sites is 2. The Labute approximate surface area is 302 Å². The molecular weight excluding hydrogens is 653 g/mol. The zero-order chi connectivity index (χ0) is 33.4. The molecule has 256 valence electrons. The maximum atomic E-state index is 7.37. The topological polar surface area (TPSA) is 60.9 Å². The summed E-state index contributed by atoms with van der Waals surface area (Å²) in [6, 6.07) is 13.2. The van der Waals surface area contributed by atoms with E-state index in [0.29, 0.717) is 29.1 Å². The van der Waals surface area contributed by atoms with Gasteiger partial charge in [0.15, 0.2) is 22.3 Å². The summed E-state index contributed by atoms with van der Waals surface area (Å²) in [4.78, 5) is 11.1. The van der Waals surface area contributed by atoms with Crippen LogP contribution in [0.4, 0.5) is 0 Å². The largest absolute Gasteiger partial charge is 0.452 e. The number of hydrogen-bond acceptors (Lipinski definition) is 4. The fourth-order valence-electron chi connectivity index (χ4n) is 16.1. The molecule has 7 atom stereocenters. The third-order valence-electron chi connectivity index (χ3n) is 17.5. The highest BCUT2D eigenvalue weighted by atomic mass is 16.3. The van der Waals surface area contributed by atoms with E-state index in [2.05, 4.69) is 57.6 Å². The summed E-state index contributed by atoms with van der Waals surface area (Å²) >= 11 is 0. The van der Waals surface area contributed by atoms with Gasteiger partial charge in [-0.3, -0.25) is 14.4 Å². The molecule has 0 saturated heterocycles. The standard InChI is InChI=1S/C47H36N4O2/c1-3-27-28-4-2-6-32-42(28)51-41(27)31(5-1)52-45-37-35-29(17-48-39-22-10-19-7-20(11-22)9-21(8-19)33(35)39)50-30-18-49-40-24-13-26-14-25-12-23(15-47(25,26)16-24)34(40)36(30)38(43(37)50)46(53-32)44(45)51/h1-6,17-26H,7-16H2. The Morgan fingerprint density at radius 2 is 1.11 bits per heavy atom. The molecule has 6 heteroatoms. The summed E-state index contributed by atoms with van der Waals surface area (Å²) in [5.41, 5.74) is 17.5. The number of rotatable bonds is 0. The molecule has 1 spiro atoms. The van der Waals surface area contributed by atoms with Gasteiger partial charge in [0.2, 0.25) is 0 Å². The molecule has 7 heterocycles. The first-order chi connectivity index (χ1) is 26.2. The number of nitrogens with zero attached hydrogens (tertiary/aromatic N) is 4. The highest BCUT2D eigenvalue weighted by Crippen LogP contribution is 2.76. The quantitative estimate of drug-likeness (QED) is 0.118. The van der Waals surface area contributed by atoms with Gasteiger partial charge in [0.25, 0.3) is 0 Å². The smallest absolute Gasteiger partial charge is 0.165 e. The summed E-state index contributed by atoms with van der Waals surface area (Å²) in [6.07, 6.45) is 18.0. The maximum Gasteiger partial charge on any atom is 0.165 e. The molecule has 7 unspecified atom stereocenters. The SMILES string of the molecule is c1cc2oc3c4c5c6c(ncc5n5c7cnc8c(c7c(c7oc9cccc%10c(c1)c2n(c9%10)c37)c45)C1CC2CC3CC8CC32C1)C1CC2CC(C1)CC6C2. The number of pyridine rings is 2. The van der Waals surface area contributed by atoms with E-state index >= 15 is 0 Å². The van der Waals surface area contributed by atoms with Crippen LogP contribution in [0.1, 0.15) is 110 Å². The molecule has 5 saturated carbocycles. The molecular formula is C47H36N4O2. The lowest BCUT2D eigenvalue weighted by Gasteiger charge is -2.48. The minimum absolute atomic E-state index is 0.557. The zero-order valence-electron chi connectivity index (χ0n) is 29.4. The van der Waals surface area contributed by atoms with E-state index in [4.69, 9.17) is 18.8 Å². The van der Waals surface area contributed by atoms with Crippen molar-refractivity contribution in [1.82, 2.24) is 18.8 Å². The fraction of sp³-hybridized carbons (Fsp3) is 0.404. The van der Waals surface area contributed by atoms with Gasteiger partial charge in [0.1, 0.15) is 5.52 Å². The van der Waals surface area contributed by atoms with Crippen molar-refractivity contribution in [2.75, 3.05) is 0 Å². The first-order valence-electron chi connectivity index (χ1n) is 20.7. The summed E-state index contributed by atoms with van der Waals surface area (Å²) in [7, 11) is 0. The van der Waals surface area contributed by atoms with Crippen molar-refractivity contribution in [2.45, 2.75) is 87.9 Å². The molecule has 5 fully saturated rings. The van der Waals surface area contributed by atoms with Crippen LogP contribution in [0.15, 0.2) is 57.6 Å². The van der Waals surface area contributed by atoms with E-state index in [1.807, 2.05) is 0 Å². The van der Waals surface area contributed by atoms with Crippen molar-refractivity contribution in [3.63, 3.8) is 0 Å². The zero-order valence-corrected chi connectivity index (χ0v) is 29.4. The Morgan fingerprint density at radius 3 is 1.79 bits per heavy atom. The Kier molecular flexibility index (Phi) is 3.85. The van der Waals surface area contributed by atoms with Gasteiger partial charge in [0, 0.05) is 44.8 Å². The van der Waals surface area contributed by atoms with Gasteiger partial charge >= 0.3 is 0 Å². The van der Waals surface area contributed by atoms with Crippen molar-refractivity contribution in [1.29, 1.82) is 0 Å². The lowest BCUT2D eigenvalue weighted by Crippen LogP contribution is -2.41. The molecule has 10 aromatic rings. The molecule has 0 radical (unpaired) electrons. The van der Waals surface area contributed by atoms with Crippen LogP contribution < -0.4 is 0 Å². The van der Waals surface area contributed by atoms with Crippen molar-refractivity contribution >= 4 is 87.7 Å². The molecule has 7 aromatic heterocycles. The highest BCUT2D eigenvalue weighted by molar-refractivity contribution is 6.37. The molecule has 7 bridgehead atoms. The van der Waals surface area contributed by atoms with Crippen molar-refractivity contribution in [2.24, 2.45) is 29.1 Å². The maximum absolute atomic E-state index is 7.37. The van der Waals surface area contributed by atoms with Crippen molar-refractivity contribution in [3.05, 3.63) is 71.3 Å². The van der Waals surface area contributed by atoms with Crippen LogP contribution in [0, 0.1) is 29.1 Å². The molecule has 18 rings (SSSR count). The molecule has 0 amide bonds. The van der Waals surface area contributed by atoms with Crippen molar-refractivity contribution < 1.29 is 8.83 Å². The molecule has 3 aromatic carbocycles. The van der Waals surface area contributed by atoms with E-state index < -0.39 is 0 Å². The second-order valence-electron chi connectivity index (χ2n) is 19.4. The second-order valence-corrected chi connectivity index (χ2v) is 19.4. The Bertz CT molecular complexity index is 3350. The predicted molar refractivity (Wildman–Crippen MR) is 207 cm³/mol. The van der Waals surface area contributed by atoms with E-state index in [9.17, 15) is 0 Å². The summed E-state index contributed by atoms with van der Waals surface area (Å²) in [6.45, 7) is 0. The fourth-order valence-corrected chi connectivity index (χ4v) is 16.1. The van der Waals surface area contributed by atoms with Gasteiger partial charge in [-0.1, -0.05) is 24.3 Å². The van der Waals surface area contributed by atoms with Crippen LogP contribution in [-0.2, 0) is 0 Å². The van der Waals surface area contributed by atoms with Gasteiger partial charge in [-0.15, -0.1) is 0 Å². The third-order valence-corrected chi connectivity index (χ3v) is 17.5. The molecule has 0 N–H and O–H groups in total. The predicted octanol–water partition coefficient (Wildman–Crippen LogP) is 11.9. The number of fused-ring (bicyclic) bond motifs is 15. The Balaban J connectivity index is 1.17. The number of benzene rings is 3. The van der Waals surface area contributed by atoms with Crippen molar-refractivity contribution in [3.8, 4) is 0 Å². The lowest BCUT2D eigenvalue weighted by molar-refractivity contribution is 0.00321. The first-order valence-corrected chi connectivity index (χ1v) is 20.7.